The van der Waals surface area contributed by atoms with E-state index in [4.69, 9.17) is 5.11 Å². The minimum Gasteiger partial charge on any atom is -0.481 e. The SMILES string of the molecule is CS(=O)(=O)N1C[C@H](NC(=O)c2ccccc2)C(=O)N(CC(=O)N[C@H](C=O)CC(=O)O)c2ccccc21. The fraction of sp³-hybridized carbons (Fsp3) is 0.261. The first-order valence-electron chi connectivity index (χ1n) is 10.7. The van der Waals surface area contributed by atoms with Gasteiger partial charge in [-0.15, -0.1) is 0 Å². The van der Waals surface area contributed by atoms with Crippen LogP contribution in [0.4, 0.5) is 11.4 Å². The molecule has 0 bridgehead atoms. The standard InChI is InChI=1S/C23H24N4O8S/c1-36(34,35)27-12-17(25-22(32)15-7-3-2-4-8-15)23(33)26(18-9-5-6-10-19(18)27)13-20(29)24-16(14-28)11-21(30)31/h2-10,14,16-17H,11-13H2,1H3,(H,24,29)(H,25,32)(H,30,31)/t16-,17-/m0/s1. The second kappa shape index (κ2) is 11.0. The Morgan fingerprint density at radius 3 is 2.28 bits per heavy atom. The summed E-state index contributed by atoms with van der Waals surface area (Å²) >= 11 is 0. The average molecular weight is 517 g/mol. The van der Waals surface area contributed by atoms with Gasteiger partial charge in [0, 0.05) is 5.56 Å². The van der Waals surface area contributed by atoms with Gasteiger partial charge in [0.05, 0.1) is 36.6 Å². The van der Waals surface area contributed by atoms with Crippen LogP contribution < -0.4 is 19.8 Å². The molecule has 36 heavy (non-hydrogen) atoms. The molecule has 0 saturated carbocycles. The van der Waals surface area contributed by atoms with Crippen molar-refractivity contribution in [3.8, 4) is 0 Å². The Kier molecular flexibility index (Phi) is 8.04. The van der Waals surface area contributed by atoms with Gasteiger partial charge in [-0.3, -0.25) is 28.4 Å². The van der Waals surface area contributed by atoms with Crippen LogP contribution >= 0.6 is 0 Å². The van der Waals surface area contributed by atoms with Crippen LogP contribution in [0.1, 0.15) is 16.8 Å². The fourth-order valence-corrected chi connectivity index (χ4v) is 4.62. The highest BCUT2D eigenvalue weighted by molar-refractivity contribution is 7.92. The van der Waals surface area contributed by atoms with Crippen LogP contribution in [0.2, 0.25) is 0 Å². The molecule has 2 aromatic carbocycles. The molecule has 1 heterocycles. The number of sulfonamides is 1. The van der Waals surface area contributed by atoms with E-state index in [9.17, 15) is 32.4 Å². The van der Waals surface area contributed by atoms with Crippen molar-refractivity contribution in [3.05, 3.63) is 60.2 Å². The zero-order valence-corrected chi connectivity index (χ0v) is 20.0. The Bertz CT molecular complexity index is 1280. The maximum atomic E-state index is 13.6. The smallest absolute Gasteiger partial charge is 0.305 e. The number of rotatable bonds is 9. The van der Waals surface area contributed by atoms with Gasteiger partial charge in [-0.1, -0.05) is 30.3 Å². The molecule has 2 atom stereocenters. The third-order valence-electron chi connectivity index (χ3n) is 5.30. The van der Waals surface area contributed by atoms with Crippen molar-refractivity contribution < 1.29 is 37.5 Å². The number of anilines is 2. The highest BCUT2D eigenvalue weighted by atomic mass is 32.2. The maximum Gasteiger partial charge on any atom is 0.305 e. The van der Waals surface area contributed by atoms with Gasteiger partial charge < -0.3 is 20.5 Å². The zero-order valence-electron chi connectivity index (χ0n) is 19.2. The Hall–Kier alpha value is -4.26. The molecule has 0 radical (unpaired) electrons. The summed E-state index contributed by atoms with van der Waals surface area (Å²) < 4.78 is 26.2. The summed E-state index contributed by atoms with van der Waals surface area (Å²) in [6, 6.07) is 11.3. The van der Waals surface area contributed by atoms with E-state index in [0.29, 0.717) is 0 Å². The topological polar surface area (TPSA) is 170 Å². The van der Waals surface area contributed by atoms with E-state index < -0.39 is 65.3 Å². The van der Waals surface area contributed by atoms with E-state index in [1.54, 1.807) is 30.3 Å². The molecular formula is C23H24N4O8S. The number of hydrogen-bond donors (Lipinski definition) is 3. The van der Waals surface area contributed by atoms with E-state index >= 15 is 0 Å². The van der Waals surface area contributed by atoms with Gasteiger partial charge in [-0.05, 0) is 24.3 Å². The highest BCUT2D eigenvalue weighted by Gasteiger charge is 2.38. The summed E-state index contributed by atoms with van der Waals surface area (Å²) in [5, 5.41) is 13.7. The van der Waals surface area contributed by atoms with Crippen molar-refractivity contribution in [1.82, 2.24) is 10.6 Å². The minimum atomic E-state index is -3.92. The van der Waals surface area contributed by atoms with Crippen LogP contribution in [0.3, 0.4) is 0 Å². The molecule has 0 spiro atoms. The first kappa shape index (κ1) is 26.3. The van der Waals surface area contributed by atoms with Gasteiger partial charge in [-0.25, -0.2) is 8.42 Å². The number of hydrogen-bond acceptors (Lipinski definition) is 7. The lowest BCUT2D eigenvalue weighted by molar-refractivity contribution is -0.138. The van der Waals surface area contributed by atoms with Crippen LogP contribution in [-0.4, -0.2) is 74.9 Å². The molecule has 2 aromatic rings. The van der Waals surface area contributed by atoms with Crippen LogP contribution in [0.15, 0.2) is 54.6 Å². The number of fused-ring (bicyclic) bond motifs is 1. The lowest BCUT2D eigenvalue weighted by Gasteiger charge is -2.25. The van der Waals surface area contributed by atoms with Crippen molar-refractivity contribution >= 4 is 51.4 Å². The maximum absolute atomic E-state index is 13.6. The van der Waals surface area contributed by atoms with Gasteiger partial charge in [-0.2, -0.15) is 0 Å². The first-order chi connectivity index (χ1) is 17.0. The first-order valence-corrected chi connectivity index (χ1v) is 12.6. The van der Waals surface area contributed by atoms with Crippen molar-refractivity contribution in [2.45, 2.75) is 18.5 Å². The lowest BCUT2D eigenvalue weighted by atomic mass is 10.1. The van der Waals surface area contributed by atoms with Gasteiger partial charge >= 0.3 is 5.97 Å². The molecule has 1 aliphatic heterocycles. The number of benzene rings is 2. The Labute approximate surface area is 206 Å². The molecule has 0 saturated heterocycles. The highest BCUT2D eigenvalue weighted by Crippen LogP contribution is 2.34. The van der Waals surface area contributed by atoms with Crippen molar-refractivity contribution in [3.63, 3.8) is 0 Å². The Morgan fingerprint density at radius 1 is 1.08 bits per heavy atom. The van der Waals surface area contributed by atoms with Crippen LogP contribution in [0.25, 0.3) is 0 Å². The number of carbonyl (C=O) groups is 5. The Morgan fingerprint density at radius 2 is 1.69 bits per heavy atom. The second-order valence-corrected chi connectivity index (χ2v) is 9.91. The number of aldehydes is 1. The van der Waals surface area contributed by atoms with Gasteiger partial charge in [0.15, 0.2) is 0 Å². The molecule has 3 N–H and O–H groups in total. The summed E-state index contributed by atoms with van der Waals surface area (Å²) in [6.45, 7) is -1.09. The number of nitrogens with zero attached hydrogens (tertiary/aromatic N) is 2. The summed E-state index contributed by atoms with van der Waals surface area (Å²) in [7, 11) is -3.92. The number of carboxylic acid groups (broad SMARTS) is 1. The van der Waals surface area contributed by atoms with Crippen LogP contribution in [-0.2, 0) is 29.2 Å². The monoisotopic (exact) mass is 516 g/mol. The number of aliphatic carboxylic acids is 1. The normalized spacial score (nSPS) is 16.4. The molecule has 0 unspecified atom stereocenters. The second-order valence-electron chi connectivity index (χ2n) is 8.01. The number of carboxylic acids is 1. The average Bonchev–Trinajstić information content (AvgIpc) is 2.94. The largest absolute Gasteiger partial charge is 0.481 e. The summed E-state index contributed by atoms with van der Waals surface area (Å²) in [5.41, 5.74) is 0.431. The molecule has 0 fully saturated rings. The fourth-order valence-electron chi connectivity index (χ4n) is 3.69. The third-order valence-corrected chi connectivity index (χ3v) is 6.45. The molecule has 190 valence electrons. The number of nitrogens with one attached hydrogen (secondary N) is 2. The van der Waals surface area contributed by atoms with E-state index in [-0.39, 0.29) is 23.2 Å². The van der Waals surface area contributed by atoms with Crippen molar-refractivity contribution in [1.29, 1.82) is 0 Å². The van der Waals surface area contributed by atoms with Crippen molar-refractivity contribution in [2.24, 2.45) is 0 Å². The quantitative estimate of drug-likeness (QED) is 0.383. The molecule has 12 nitrogen and oxygen atoms in total. The van der Waals surface area contributed by atoms with Crippen molar-refractivity contribution in [2.75, 3.05) is 28.6 Å². The molecule has 3 amide bonds. The van der Waals surface area contributed by atoms with Gasteiger partial charge in [0.1, 0.15) is 18.9 Å². The number of para-hydroxylation sites is 2. The van der Waals surface area contributed by atoms with E-state index in [0.717, 1.165) is 15.5 Å². The van der Waals surface area contributed by atoms with E-state index in [1.807, 2.05) is 0 Å². The number of amides is 3. The molecule has 0 aromatic heterocycles. The lowest BCUT2D eigenvalue weighted by Crippen LogP contribution is -2.54. The number of carbonyl (C=O) groups excluding carboxylic acids is 4. The molecule has 1 aliphatic rings. The summed E-state index contributed by atoms with van der Waals surface area (Å²) in [4.78, 5) is 62.1. The molecule has 13 heteroatoms. The minimum absolute atomic E-state index is 0.0837. The van der Waals surface area contributed by atoms with Gasteiger partial charge in [0.2, 0.25) is 15.9 Å². The third kappa shape index (κ3) is 6.24. The van der Waals surface area contributed by atoms with Crippen LogP contribution in [0.5, 0.6) is 0 Å². The van der Waals surface area contributed by atoms with Crippen LogP contribution in [0, 0.1) is 0 Å². The predicted molar refractivity (Wildman–Crippen MR) is 129 cm³/mol. The molecular weight excluding hydrogens is 492 g/mol. The predicted octanol–water partition coefficient (Wildman–Crippen LogP) is -0.244. The summed E-state index contributed by atoms with van der Waals surface area (Å²) in [5.74, 6) is -3.55. The van der Waals surface area contributed by atoms with E-state index in [2.05, 4.69) is 10.6 Å². The van der Waals surface area contributed by atoms with Gasteiger partial charge in [0.25, 0.3) is 11.8 Å². The van der Waals surface area contributed by atoms with E-state index in [1.165, 1.54) is 24.3 Å². The Balaban J connectivity index is 1.98. The molecule has 3 rings (SSSR count). The molecule has 0 aliphatic carbocycles. The summed E-state index contributed by atoms with van der Waals surface area (Å²) in [6.07, 6.45) is 0.559. The zero-order chi connectivity index (χ0) is 26.5.